The highest BCUT2D eigenvalue weighted by molar-refractivity contribution is 6.16. The fraction of sp³-hybridized carbons (Fsp3) is 0.571. The summed E-state index contributed by atoms with van der Waals surface area (Å²) >= 11 is 0. The van der Waals surface area contributed by atoms with Gasteiger partial charge in [0.15, 0.2) is 0 Å². The largest absolute Gasteiger partial charge is 0.391 e. The second-order valence-electron chi connectivity index (χ2n) is 8.67. The van der Waals surface area contributed by atoms with E-state index in [1.807, 2.05) is 6.92 Å². The molecule has 3 atom stereocenters. The summed E-state index contributed by atoms with van der Waals surface area (Å²) in [6.45, 7) is 2.80. The quantitative estimate of drug-likeness (QED) is 0.836. The molecular weight excluding hydrogens is 358 g/mol. The number of aliphatic hydroxyl groups excluding tert-OH is 1. The average molecular weight is 383 g/mol. The number of anilines is 1. The van der Waals surface area contributed by atoms with E-state index in [1.54, 1.807) is 39.0 Å². The predicted molar refractivity (Wildman–Crippen MR) is 101 cm³/mol. The standard InChI is InChI=1S/C21H25N3O4/c1-13-10-15(25)12-22(11-13)20(28)21-9-8-18(26)24(21)17-5-3-2-4-16(17)19(27)23(21)14-6-7-14/h2-5,13-15,25H,6-12H2,1H3. The van der Waals surface area contributed by atoms with Crippen LogP contribution in [0.15, 0.2) is 24.3 Å². The van der Waals surface area contributed by atoms with E-state index < -0.39 is 11.8 Å². The van der Waals surface area contributed by atoms with Gasteiger partial charge in [0.05, 0.1) is 17.4 Å². The molecule has 3 unspecified atom stereocenters. The summed E-state index contributed by atoms with van der Waals surface area (Å²) in [5.41, 5.74) is -0.272. The van der Waals surface area contributed by atoms with Crippen molar-refractivity contribution in [3.8, 4) is 0 Å². The molecule has 3 amide bonds. The van der Waals surface area contributed by atoms with Crippen molar-refractivity contribution < 1.29 is 19.5 Å². The van der Waals surface area contributed by atoms with Crippen molar-refractivity contribution >= 4 is 23.4 Å². The number of β-amino-alcohol motifs (C(OH)–C–C–N with tert-alkyl or cyclic N) is 1. The third-order valence-electron chi connectivity index (χ3n) is 6.48. The SMILES string of the molecule is CC1CC(O)CN(C(=O)C23CCC(=O)N2c2ccccc2C(=O)N3C2CC2)C1. The Kier molecular flexibility index (Phi) is 3.81. The van der Waals surface area contributed by atoms with Crippen LogP contribution in [-0.4, -0.2) is 63.5 Å². The van der Waals surface area contributed by atoms with E-state index in [-0.39, 0.29) is 42.6 Å². The Balaban J connectivity index is 1.65. The van der Waals surface area contributed by atoms with Gasteiger partial charge in [0.25, 0.3) is 11.8 Å². The first-order valence-electron chi connectivity index (χ1n) is 10.2. The van der Waals surface area contributed by atoms with Gasteiger partial charge in [0, 0.05) is 32.0 Å². The number of piperidine rings is 1. The van der Waals surface area contributed by atoms with Gasteiger partial charge in [-0.1, -0.05) is 19.1 Å². The first kappa shape index (κ1) is 17.7. The van der Waals surface area contributed by atoms with Crippen LogP contribution in [-0.2, 0) is 9.59 Å². The molecule has 1 aromatic rings. The number of amides is 3. The number of aliphatic hydroxyl groups is 1. The van der Waals surface area contributed by atoms with Crippen molar-refractivity contribution in [3.05, 3.63) is 29.8 Å². The maximum atomic E-state index is 13.9. The summed E-state index contributed by atoms with van der Waals surface area (Å²) in [4.78, 5) is 45.2. The monoisotopic (exact) mass is 383 g/mol. The van der Waals surface area contributed by atoms with Crippen LogP contribution in [0.3, 0.4) is 0 Å². The van der Waals surface area contributed by atoms with Gasteiger partial charge in [0.2, 0.25) is 11.6 Å². The number of hydrogen-bond donors (Lipinski definition) is 1. The van der Waals surface area contributed by atoms with Crippen molar-refractivity contribution in [2.45, 2.75) is 56.8 Å². The summed E-state index contributed by atoms with van der Waals surface area (Å²) < 4.78 is 0. The first-order chi connectivity index (χ1) is 13.4. The summed E-state index contributed by atoms with van der Waals surface area (Å²) in [7, 11) is 0. The summed E-state index contributed by atoms with van der Waals surface area (Å²) in [5.74, 6) is -0.332. The zero-order valence-corrected chi connectivity index (χ0v) is 16.0. The van der Waals surface area contributed by atoms with Crippen LogP contribution in [0, 0.1) is 5.92 Å². The molecule has 3 aliphatic heterocycles. The lowest BCUT2D eigenvalue weighted by Gasteiger charge is -2.52. The van der Waals surface area contributed by atoms with E-state index in [0.717, 1.165) is 12.8 Å². The highest BCUT2D eigenvalue weighted by Gasteiger charge is 2.64. The molecule has 0 radical (unpaired) electrons. The number of fused-ring (bicyclic) bond motifs is 3. The minimum absolute atomic E-state index is 0.00894. The number of para-hydroxylation sites is 1. The minimum Gasteiger partial charge on any atom is -0.391 e. The molecule has 1 aromatic carbocycles. The second kappa shape index (κ2) is 6.04. The molecular formula is C21H25N3O4. The number of carbonyl (C=O) groups excluding carboxylic acids is 3. The van der Waals surface area contributed by atoms with Crippen LogP contribution >= 0.6 is 0 Å². The lowest BCUT2D eigenvalue weighted by Crippen LogP contribution is -2.72. The van der Waals surface area contributed by atoms with Crippen LogP contribution in [0.25, 0.3) is 0 Å². The molecule has 3 heterocycles. The van der Waals surface area contributed by atoms with Gasteiger partial charge < -0.3 is 14.9 Å². The number of benzene rings is 1. The van der Waals surface area contributed by atoms with Gasteiger partial charge in [-0.25, -0.2) is 0 Å². The average Bonchev–Trinajstić information content (AvgIpc) is 3.43. The van der Waals surface area contributed by atoms with Gasteiger partial charge in [-0.15, -0.1) is 0 Å². The molecule has 3 fully saturated rings. The summed E-state index contributed by atoms with van der Waals surface area (Å²) in [6.07, 6.45) is 2.34. The van der Waals surface area contributed by atoms with E-state index in [0.29, 0.717) is 30.6 Å². The van der Waals surface area contributed by atoms with Crippen molar-refractivity contribution in [2.24, 2.45) is 5.92 Å². The number of rotatable bonds is 2. The Hall–Kier alpha value is -2.41. The lowest BCUT2D eigenvalue weighted by atomic mass is 9.92. The van der Waals surface area contributed by atoms with Crippen molar-refractivity contribution in [3.63, 3.8) is 0 Å². The highest BCUT2D eigenvalue weighted by atomic mass is 16.3. The zero-order valence-electron chi connectivity index (χ0n) is 16.0. The van der Waals surface area contributed by atoms with E-state index in [2.05, 4.69) is 0 Å². The fourth-order valence-electron chi connectivity index (χ4n) is 5.26. The van der Waals surface area contributed by atoms with Crippen LogP contribution in [0.1, 0.15) is 49.4 Å². The van der Waals surface area contributed by atoms with Crippen LogP contribution < -0.4 is 4.90 Å². The number of nitrogens with zero attached hydrogens (tertiary/aromatic N) is 3. The Bertz CT molecular complexity index is 857. The van der Waals surface area contributed by atoms with Gasteiger partial charge in [-0.05, 0) is 37.3 Å². The van der Waals surface area contributed by atoms with Crippen LogP contribution in [0.5, 0.6) is 0 Å². The third-order valence-corrected chi connectivity index (χ3v) is 6.48. The van der Waals surface area contributed by atoms with Crippen molar-refractivity contribution in [1.82, 2.24) is 9.80 Å². The molecule has 7 nitrogen and oxygen atoms in total. The maximum Gasteiger partial charge on any atom is 0.270 e. The predicted octanol–water partition coefficient (Wildman–Crippen LogP) is 1.36. The van der Waals surface area contributed by atoms with E-state index >= 15 is 0 Å². The second-order valence-corrected chi connectivity index (χ2v) is 8.67. The topological polar surface area (TPSA) is 81.2 Å². The number of carbonyl (C=O) groups is 3. The van der Waals surface area contributed by atoms with E-state index in [9.17, 15) is 19.5 Å². The van der Waals surface area contributed by atoms with E-state index in [1.165, 1.54) is 0 Å². The van der Waals surface area contributed by atoms with Gasteiger partial charge in [-0.2, -0.15) is 0 Å². The molecule has 1 aliphatic carbocycles. The highest BCUT2D eigenvalue weighted by Crippen LogP contribution is 2.49. The molecule has 0 bridgehead atoms. The first-order valence-corrected chi connectivity index (χ1v) is 10.2. The molecule has 2 saturated heterocycles. The lowest BCUT2D eigenvalue weighted by molar-refractivity contribution is -0.148. The van der Waals surface area contributed by atoms with Crippen molar-refractivity contribution in [2.75, 3.05) is 18.0 Å². The number of likely N-dealkylation sites (tertiary alicyclic amines) is 1. The molecule has 5 rings (SSSR count). The Morgan fingerprint density at radius 2 is 1.93 bits per heavy atom. The molecule has 28 heavy (non-hydrogen) atoms. The normalized spacial score (nSPS) is 32.4. The third kappa shape index (κ3) is 2.35. The van der Waals surface area contributed by atoms with E-state index in [4.69, 9.17) is 0 Å². The molecule has 1 N–H and O–H groups in total. The molecule has 148 valence electrons. The van der Waals surface area contributed by atoms with Crippen molar-refractivity contribution in [1.29, 1.82) is 0 Å². The molecule has 4 aliphatic rings. The maximum absolute atomic E-state index is 13.9. The molecule has 0 aromatic heterocycles. The smallest absolute Gasteiger partial charge is 0.270 e. The Morgan fingerprint density at radius 3 is 2.64 bits per heavy atom. The molecule has 7 heteroatoms. The van der Waals surface area contributed by atoms with Gasteiger partial charge in [-0.3, -0.25) is 19.3 Å². The minimum atomic E-state index is -1.29. The fourth-order valence-corrected chi connectivity index (χ4v) is 5.26. The zero-order chi connectivity index (χ0) is 19.6. The summed E-state index contributed by atoms with van der Waals surface area (Å²) in [6, 6.07) is 7.08. The van der Waals surface area contributed by atoms with Gasteiger partial charge >= 0.3 is 0 Å². The van der Waals surface area contributed by atoms with Crippen LogP contribution in [0.2, 0.25) is 0 Å². The van der Waals surface area contributed by atoms with Gasteiger partial charge in [0.1, 0.15) is 0 Å². The Labute approximate surface area is 163 Å². The van der Waals surface area contributed by atoms with Crippen LogP contribution in [0.4, 0.5) is 5.69 Å². The Morgan fingerprint density at radius 1 is 1.18 bits per heavy atom. The number of hydrogen-bond acceptors (Lipinski definition) is 4. The summed E-state index contributed by atoms with van der Waals surface area (Å²) in [5, 5.41) is 10.2. The molecule has 1 saturated carbocycles. The molecule has 0 spiro atoms.